The Labute approximate surface area is 176 Å². The fourth-order valence-electron chi connectivity index (χ4n) is 3.36. The van der Waals surface area contributed by atoms with Gasteiger partial charge in [0.15, 0.2) is 0 Å². The number of sulfonamides is 1. The molecule has 0 radical (unpaired) electrons. The summed E-state index contributed by atoms with van der Waals surface area (Å²) in [6.07, 6.45) is 1.54. The Bertz CT molecular complexity index is 1080. The third kappa shape index (κ3) is 4.56. The maximum atomic E-state index is 13.0. The Kier molecular flexibility index (Phi) is 6.31. The van der Waals surface area contributed by atoms with Gasteiger partial charge in [-0.25, -0.2) is 8.42 Å². The summed E-state index contributed by atoms with van der Waals surface area (Å²) in [6.45, 7) is 3.97. The van der Waals surface area contributed by atoms with E-state index >= 15 is 0 Å². The first-order valence-corrected chi connectivity index (χ1v) is 11.1. The monoisotopic (exact) mass is 431 g/mol. The molecule has 8 nitrogen and oxygen atoms in total. The molecule has 9 heteroatoms. The lowest BCUT2D eigenvalue weighted by Crippen LogP contribution is -2.24. The molecule has 2 aromatic carbocycles. The van der Waals surface area contributed by atoms with Crippen LogP contribution in [0.25, 0.3) is 0 Å². The quantitative estimate of drug-likeness (QED) is 0.700. The predicted molar refractivity (Wildman–Crippen MR) is 115 cm³/mol. The number of rotatable bonds is 7. The molecule has 1 fully saturated rings. The lowest BCUT2D eigenvalue weighted by molar-refractivity contribution is -0.117. The van der Waals surface area contributed by atoms with Crippen LogP contribution in [-0.2, 0) is 19.6 Å². The third-order valence-electron chi connectivity index (χ3n) is 4.86. The van der Waals surface area contributed by atoms with E-state index in [1.165, 1.54) is 13.2 Å². The van der Waals surface area contributed by atoms with Crippen molar-refractivity contribution < 1.29 is 22.7 Å². The fourth-order valence-corrected chi connectivity index (χ4v) is 4.63. The molecule has 1 aliphatic rings. The first kappa shape index (κ1) is 21.6. The van der Waals surface area contributed by atoms with Gasteiger partial charge in [-0.3, -0.25) is 14.3 Å². The summed E-state index contributed by atoms with van der Waals surface area (Å²) in [5.74, 6) is 0.333. The average molecular weight is 432 g/mol. The molecule has 0 unspecified atom stereocenters. The number of aryl methyl sites for hydroxylation is 1. The molecular formula is C21H25N3O5S. The van der Waals surface area contributed by atoms with Crippen molar-refractivity contribution in [2.24, 2.45) is 0 Å². The van der Waals surface area contributed by atoms with E-state index < -0.39 is 10.0 Å². The van der Waals surface area contributed by atoms with Gasteiger partial charge in [0.2, 0.25) is 11.8 Å². The molecule has 0 bridgehead atoms. The molecule has 1 aliphatic heterocycles. The highest BCUT2D eigenvalue weighted by molar-refractivity contribution is 7.92. The summed E-state index contributed by atoms with van der Waals surface area (Å²) in [5.41, 5.74) is 1.90. The van der Waals surface area contributed by atoms with Crippen molar-refractivity contribution in [2.45, 2.75) is 38.0 Å². The van der Waals surface area contributed by atoms with Gasteiger partial charge in [-0.1, -0.05) is 6.92 Å². The molecule has 0 aromatic heterocycles. The summed E-state index contributed by atoms with van der Waals surface area (Å²) in [7, 11) is -2.37. The Morgan fingerprint density at radius 3 is 2.50 bits per heavy atom. The van der Waals surface area contributed by atoms with Gasteiger partial charge in [0.25, 0.3) is 10.0 Å². The van der Waals surface area contributed by atoms with E-state index in [4.69, 9.17) is 4.74 Å². The lowest BCUT2D eigenvalue weighted by Gasteiger charge is -2.20. The summed E-state index contributed by atoms with van der Waals surface area (Å²) in [6, 6.07) is 9.45. The zero-order valence-corrected chi connectivity index (χ0v) is 18.0. The largest absolute Gasteiger partial charge is 0.495 e. The van der Waals surface area contributed by atoms with Gasteiger partial charge in [0, 0.05) is 25.1 Å². The molecule has 0 aliphatic carbocycles. The number of benzene rings is 2. The van der Waals surface area contributed by atoms with Gasteiger partial charge < -0.3 is 15.0 Å². The van der Waals surface area contributed by atoms with Crippen LogP contribution in [-0.4, -0.2) is 33.9 Å². The van der Waals surface area contributed by atoms with E-state index in [1.807, 2.05) is 0 Å². The van der Waals surface area contributed by atoms with Crippen LogP contribution in [0.1, 0.15) is 31.7 Å². The fraction of sp³-hybridized carbons (Fsp3) is 0.333. The molecule has 2 aromatic rings. The van der Waals surface area contributed by atoms with Gasteiger partial charge in [-0.15, -0.1) is 0 Å². The number of hydrogen-bond acceptors (Lipinski definition) is 5. The van der Waals surface area contributed by atoms with Crippen molar-refractivity contribution in [1.82, 2.24) is 0 Å². The summed E-state index contributed by atoms with van der Waals surface area (Å²) < 4.78 is 33.8. The van der Waals surface area contributed by atoms with Gasteiger partial charge in [0.1, 0.15) is 5.75 Å². The minimum absolute atomic E-state index is 0.0196. The third-order valence-corrected chi connectivity index (χ3v) is 6.41. The van der Waals surface area contributed by atoms with Gasteiger partial charge in [0.05, 0.1) is 23.4 Å². The number of anilines is 3. The first-order chi connectivity index (χ1) is 14.2. The van der Waals surface area contributed by atoms with Crippen LogP contribution in [0.3, 0.4) is 0 Å². The van der Waals surface area contributed by atoms with Crippen molar-refractivity contribution in [1.29, 1.82) is 0 Å². The molecule has 2 amide bonds. The highest BCUT2D eigenvalue weighted by Crippen LogP contribution is 2.35. The Balaban J connectivity index is 1.88. The van der Waals surface area contributed by atoms with Crippen LogP contribution in [0.2, 0.25) is 0 Å². The molecular weight excluding hydrogens is 406 g/mol. The van der Waals surface area contributed by atoms with Crippen molar-refractivity contribution >= 4 is 38.9 Å². The van der Waals surface area contributed by atoms with E-state index in [9.17, 15) is 18.0 Å². The molecule has 160 valence electrons. The van der Waals surface area contributed by atoms with E-state index in [2.05, 4.69) is 10.0 Å². The van der Waals surface area contributed by atoms with E-state index in [0.717, 1.165) is 6.42 Å². The number of amides is 2. The number of methoxy groups -OCH3 is 1. The molecule has 0 saturated carbocycles. The van der Waals surface area contributed by atoms with Crippen LogP contribution >= 0.6 is 0 Å². The van der Waals surface area contributed by atoms with Crippen LogP contribution in [0.15, 0.2) is 41.3 Å². The summed E-state index contributed by atoms with van der Waals surface area (Å²) >= 11 is 0. The first-order valence-electron chi connectivity index (χ1n) is 9.67. The normalized spacial score (nSPS) is 14.0. The standard InChI is InChI=1S/C21H25N3O5S/c1-4-20(25)22-15-8-10-19(14(2)12-15)30(27,28)23-16-7-9-18(29-3)17(13-16)24-11-5-6-21(24)26/h7-10,12-13,23H,4-6,11H2,1-3H3,(H,22,25). The number of hydrogen-bond donors (Lipinski definition) is 2. The number of carbonyl (C=O) groups is 2. The van der Waals surface area contributed by atoms with Crippen LogP contribution in [0.5, 0.6) is 5.75 Å². The van der Waals surface area contributed by atoms with Crippen molar-refractivity contribution in [2.75, 3.05) is 28.6 Å². The minimum atomic E-state index is -3.88. The van der Waals surface area contributed by atoms with Crippen LogP contribution in [0.4, 0.5) is 17.1 Å². The van der Waals surface area contributed by atoms with Gasteiger partial charge in [-0.05, 0) is 55.3 Å². The van der Waals surface area contributed by atoms with E-state index in [0.29, 0.717) is 47.8 Å². The second kappa shape index (κ2) is 8.74. The highest BCUT2D eigenvalue weighted by Gasteiger charge is 2.25. The Morgan fingerprint density at radius 2 is 1.90 bits per heavy atom. The molecule has 1 heterocycles. The molecule has 2 N–H and O–H groups in total. The number of nitrogens with one attached hydrogen (secondary N) is 2. The van der Waals surface area contributed by atoms with Crippen molar-refractivity contribution in [3.05, 3.63) is 42.0 Å². The van der Waals surface area contributed by atoms with Crippen molar-refractivity contribution in [3.63, 3.8) is 0 Å². The Morgan fingerprint density at radius 1 is 1.17 bits per heavy atom. The predicted octanol–water partition coefficient (Wildman–Crippen LogP) is 3.28. The highest BCUT2D eigenvalue weighted by atomic mass is 32.2. The van der Waals surface area contributed by atoms with Crippen LogP contribution < -0.4 is 19.7 Å². The topological polar surface area (TPSA) is 105 Å². The molecule has 1 saturated heterocycles. The maximum Gasteiger partial charge on any atom is 0.262 e. The lowest BCUT2D eigenvalue weighted by atomic mass is 10.2. The summed E-state index contributed by atoms with van der Waals surface area (Å²) in [4.78, 5) is 25.4. The van der Waals surface area contributed by atoms with Crippen LogP contribution in [0, 0.1) is 6.92 Å². The van der Waals surface area contributed by atoms with Gasteiger partial charge >= 0.3 is 0 Å². The zero-order valence-electron chi connectivity index (χ0n) is 17.2. The SMILES string of the molecule is CCC(=O)Nc1ccc(S(=O)(=O)Nc2ccc(OC)c(N3CCCC3=O)c2)c(C)c1. The van der Waals surface area contributed by atoms with Gasteiger partial charge in [-0.2, -0.15) is 0 Å². The summed E-state index contributed by atoms with van der Waals surface area (Å²) in [5, 5.41) is 2.71. The maximum absolute atomic E-state index is 13.0. The van der Waals surface area contributed by atoms with Crippen molar-refractivity contribution in [3.8, 4) is 5.75 Å². The number of carbonyl (C=O) groups excluding carboxylic acids is 2. The second-order valence-electron chi connectivity index (χ2n) is 7.02. The zero-order chi connectivity index (χ0) is 21.9. The molecule has 3 rings (SSSR count). The number of nitrogens with zero attached hydrogens (tertiary/aromatic N) is 1. The number of ether oxygens (including phenoxy) is 1. The Hall–Kier alpha value is -3.07. The van der Waals surface area contributed by atoms with E-state index in [1.54, 1.807) is 49.1 Å². The smallest absolute Gasteiger partial charge is 0.262 e. The minimum Gasteiger partial charge on any atom is -0.495 e. The average Bonchev–Trinajstić information content (AvgIpc) is 3.13. The van der Waals surface area contributed by atoms with E-state index in [-0.39, 0.29) is 16.7 Å². The molecule has 0 spiro atoms. The molecule has 30 heavy (non-hydrogen) atoms. The second-order valence-corrected chi connectivity index (χ2v) is 8.67. The molecule has 0 atom stereocenters.